The predicted octanol–water partition coefficient (Wildman–Crippen LogP) is -1.96. The molecule has 2 saturated heterocycles. The molecule has 5 rings (SSSR count). The van der Waals surface area contributed by atoms with Crippen molar-refractivity contribution in [2.75, 3.05) is 57.9 Å². The number of imidazole rings is 1. The molecule has 33 heteroatoms. The molecule has 1 aromatic heterocycles. The Balaban J connectivity index is 0.0000104. The average molecular weight is 1680 g/mol. The smallest absolute Gasteiger partial charge is 0.305 e. The molecule has 0 spiro atoms. The van der Waals surface area contributed by atoms with Gasteiger partial charge in [0.25, 0.3) is 0 Å². The van der Waals surface area contributed by atoms with Gasteiger partial charge in [-0.05, 0) is 83.7 Å². The molecule has 2 fully saturated rings. The fourth-order valence-electron chi connectivity index (χ4n) is 9.48. The van der Waals surface area contributed by atoms with Crippen LogP contribution < -0.4 is 52.6 Å². The number of carboxylic acids is 1. The summed E-state index contributed by atoms with van der Waals surface area (Å²) in [6, 6.07) is 0.674. The molecule has 0 radical (unpaired) electrons. The number of aliphatic hydroxyl groups excluding tert-OH is 2. The molecule has 3 aromatic rings. The zero-order valence-corrected chi connectivity index (χ0v) is 57.7. The van der Waals surface area contributed by atoms with Crippen LogP contribution in [0.15, 0.2) is 55.0 Å². The number of aromatic hydroxyl groups is 1. The maximum absolute atomic E-state index is 15.1. The van der Waals surface area contributed by atoms with Crippen molar-refractivity contribution in [3.8, 4) is 11.5 Å². The van der Waals surface area contributed by atoms with Gasteiger partial charge in [0.15, 0.2) is 0 Å². The van der Waals surface area contributed by atoms with Crippen LogP contribution in [0.2, 0.25) is 0 Å². The van der Waals surface area contributed by atoms with Crippen LogP contribution in [0.5, 0.6) is 11.5 Å². The van der Waals surface area contributed by atoms with E-state index in [-0.39, 0.29) is 168 Å². The number of nitrogens with one attached hydrogen (secondary N) is 10. The van der Waals surface area contributed by atoms with Gasteiger partial charge in [0.05, 0.1) is 60.0 Å². The van der Waals surface area contributed by atoms with Crippen molar-refractivity contribution in [1.29, 1.82) is 0 Å². The van der Waals surface area contributed by atoms with Gasteiger partial charge < -0.3 is 101 Å². The molecular weight excluding hydrogens is 1600 g/mol. The number of aliphatic hydroxyl groups is 2. The Labute approximate surface area is 602 Å². The number of carbonyl (C=O) groups is 10. The molecule has 1 unspecified atom stereocenters. The summed E-state index contributed by atoms with van der Waals surface area (Å²) in [7, 11) is 3.85. The molecule has 0 aliphatic carbocycles. The fourth-order valence-corrected chi connectivity index (χ4v) is 12.5. The summed E-state index contributed by atoms with van der Waals surface area (Å²) in [5.41, 5.74) is 1.47. The second kappa shape index (κ2) is 39.9. The number of benzene rings is 2. The Morgan fingerprint density at radius 2 is 1.46 bits per heavy atom. The monoisotopic (exact) mass is 1680 g/mol. The number of halogens is 1. The molecule has 28 nitrogen and oxygen atoms in total. The van der Waals surface area contributed by atoms with Gasteiger partial charge >= 0.3 is 5.97 Å². The van der Waals surface area contributed by atoms with E-state index >= 15 is 4.79 Å². The van der Waals surface area contributed by atoms with Gasteiger partial charge in [0, 0.05) is 161 Å². The average Bonchev–Trinajstić information content (AvgIpc) is 4.36. The van der Waals surface area contributed by atoms with Crippen molar-refractivity contribution in [3.05, 3.63) is 89.2 Å². The number of phenols is 1. The second-order valence-corrected chi connectivity index (χ2v) is 25.2. The Kier molecular flexibility index (Phi) is 35.3. The number of rotatable bonds is 25. The first-order chi connectivity index (χ1) is 41.3. The maximum Gasteiger partial charge on any atom is 0.305 e. The van der Waals surface area contributed by atoms with Gasteiger partial charge in [-0.15, -0.1) is 0 Å². The predicted molar refractivity (Wildman–Crippen MR) is 330 cm³/mol. The molecule has 14 N–H and O–H groups in total. The Bertz CT molecular complexity index is 2840. The summed E-state index contributed by atoms with van der Waals surface area (Å²) in [4.78, 5) is 146. The molecule has 10 atom stereocenters. The van der Waals surface area contributed by atoms with E-state index in [1.165, 1.54) is 48.6 Å². The number of carboxylic acid groups (broad SMARTS) is 1. The minimum atomic E-state index is -1.75. The number of ether oxygens (including phenoxy) is 1. The Hall–Kier alpha value is -4.39. The number of aromatic nitrogens is 2. The molecule has 0 bridgehead atoms. The van der Waals surface area contributed by atoms with E-state index in [9.17, 15) is 63.6 Å². The Morgan fingerprint density at radius 3 is 2.06 bits per heavy atom. The number of aliphatic carboxylic acids is 1. The fraction of sp³-hybridized carbons (Fsp3) is 0.518. The van der Waals surface area contributed by atoms with Gasteiger partial charge in [-0.2, -0.15) is 0 Å². The first-order valence-electron chi connectivity index (χ1n) is 28.0. The van der Waals surface area contributed by atoms with E-state index in [2.05, 4.69) is 71.7 Å². The van der Waals surface area contributed by atoms with E-state index in [1.54, 1.807) is 36.1 Å². The Morgan fingerprint density at radius 1 is 0.854 bits per heavy atom. The van der Waals surface area contributed by atoms with Crippen molar-refractivity contribution in [1.82, 2.24) is 67.6 Å². The minimum absolute atomic E-state index is 0. The summed E-state index contributed by atoms with van der Waals surface area (Å²) in [6.45, 7) is 11.8. The third kappa shape index (κ3) is 27.4. The van der Waals surface area contributed by atoms with Crippen molar-refractivity contribution in [2.24, 2.45) is 5.92 Å². The SMILES string of the molecule is [CH2-]C(=O)NCCN(CCNC([CH2-])=O)CC(=O)N[C@@H](Cc1ccc(OC)cc1)[C@H](O)N[C@@H](Cc1cnc[nH]1)C(=O)N[C@H]1CSSC[C@@H](C)NC(=O)[C@H](CC(C)C)NC(=O)[C@H](CC(=O)O)NC(=O)[C@H](Cc2ccc(O)c(I)c2)NC(=O)[C@@H]2CC(O)CN2C1=O.[Gd].[Gd]. The molecule has 2 aliphatic heterocycles. The molecule has 3 heterocycles. The molecular formula is C56H78Gd2IN13O15S2-2. The number of fused-ring (bicyclic) bond motifs is 1. The van der Waals surface area contributed by atoms with E-state index in [4.69, 9.17) is 4.74 Å². The molecule has 2 aliphatic rings. The number of aromatic amines is 1. The number of H-pyrrole nitrogens is 1. The van der Waals surface area contributed by atoms with Crippen LogP contribution in [-0.4, -0.2) is 218 Å². The van der Waals surface area contributed by atoms with E-state index < -0.39 is 133 Å². The maximum atomic E-state index is 15.1. The number of nitrogens with zero attached hydrogens (tertiary/aromatic N) is 3. The summed E-state index contributed by atoms with van der Waals surface area (Å²) in [5, 5.41) is 67.9. The normalized spacial score (nSPS) is 21.4. The summed E-state index contributed by atoms with van der Waals surface area (Å²) in [6.07, 6.45) is -1.72. The van der Waals surface area contributed by atoms with Crippen molar-refractivity contribution >= 4 is 103 Å². The topological polar surface area (TPSA) is 404 Å². The molecule has 0 saturated carbocycles. The number of hydrogen-bond donors (Lipinski definition) is 14. The van der Waals surface area contributed by atoms with Crippen LogP contribution in [0.25, 0.3) is 0 Å². The van der Waals surface area contributed by atoms with Gasteiger partial charge in [0.1, 0.15) is 47.9 Å². The molecule has 2 aromatic carbocycles. The minimum Gasteiger partial charge on any atom is -0.507 e. The van der Waals surface area contributed by atoms with Crippen molar-refractivity contribution < 1.29 is 153 Å². The van der Waals surface area contributed by atoms with Crippen LogP contribution >= 0.6 is 44.2 Å². The molecule has 9 amide bonds. The van der Waals surface area contributed by atoms with Crippen LogP contribution in [0.4, 0.5) is 0 Å². The van der Waals surface area contributed by atoms with E-state index in [0.29, 0.717) is 26.1 Å². The largest absolute Gasteiger partial charge is 0.507 e. The standard InChI is InChI=1S/C56H78IN13O15S2.2Gd/c1-30(2)17-40-50(78)62-31(3)27-86-87-28-45(56(84)70-25-37(73)22-46(70)55(83)67-42(20-35-9-12-47(74)39(57)18-35)52(80)66-44(23-49(76)77)54(82)64-40)68-53(81)43(21-36-24-58-29-61-36)65-51(79)41(19-34-7-10-38(85-6)11-8-34)63-48(75)26-69(15-13-59-32(4)71)16-14-60-33(5)72;;/h7-12,18,24,29-31,37,40-46,51,65,73-74,79H,4-5,13-17,19-23,25-28H2,1-3,6H3,(H,58,61)(H,59,71)(H,60,72)(H,62,78)(H,63,75)(H,64,82)(H,66,80)(H,67,83)(H,68,81)(H,76,77);;/q-2;;/t31-,37?,40+,41+,42+,43+,44+,45+,46+,51+;;/m1../s1. The number of phenolic OH excluding ortho intramolecular Hbond substituents is 1. The zero-order valence-electron chi connectivity index (χ0n) is 49.4. The summed E-state index contributed by atoms with van der Waals surface area (Å²) >= 11 is 1.86. The van der Waals surface area contributed by atoms with Crippen LogP contribution in [0.3, 0.4) is 0 Å². The first-order valence-corrected chi connectivity index (χ1v) is 31.5. The number of amides is 9. The number of hydrogen-bond acceptors (Lipinski definition) is 19. The van der Waals surface area contributed by atoms with Gasteiger partial charge in [-0.3, -0.25) is 48.6 Å². The third-order valence-electron chi connectivity index (χ3n) is 13.8. The second-order valence-electron chi connectivity index (χ2n) is 21.5. The van der Waals surface area contributed by atoms with Gasteiger partial charge in [-0.25, -0.2) is 4.98 Å². The van der Waals surface area contributed by atoms with E-state index in [0.717, 1.165) is 15.7 Å². The van der Waals surface area contributed by atoms with Crippen LogP contribution in [0.1, 0.15) is 56.9 Å². The number of carbonyl (C=O) groups excluding carboxylic acids is 9. The van der Waals surface area contributed by atoms with Crippen molar-refractivity contribution in [3.63, 3.8) is 0 Å². The summed E-state index contributed by atoms with van der Waals surface area (Å²) < 4.78 is 5.72. The van der Waals surface area contributed by atoms with Crippen LogP contribution in [-0.2, 0) is 67.2 Å². The summed E-state index contributed by atoms with van der Waals surface area (Å²) in [5.74, 6) is -7.96. The van der Waals surface area contributed by atoms with Crippen molar-refractivity contribution in [2.45, 2.75) is 120 Å². The quantitative estimate of drug-likeness (QED) is 0.0190. The van der Waals surface area contributed by atoms with Gasteiger partial charge in [0.2, 0.25) is 41.4 Å². The van der Waals surface area contributed by atoms with E-state index in [1.807, 2.05) is 36.4 Å². The molecule has 494 valence electrons. The molecule has 89 heavy (non-hydrogen) atoms. The number of methoxy groups -OCH3 is 1. The zero-order chi connectivity index (χ0) is 63.9. The van der Waals surface area contributed by atoms with Crippen LogP contribution in [0, 0.1) is 103 Å². The first kappa shape index (κ1) is 78.8. The third-order valence-corrected chi connectivity index (χ3v) is 17.3. The van der Waals surface area contributed by atoms with Gasteiger partial charge in [-0.1, -0.05) is 53.6 Å².